The van der Waals surface area contributed by atoms with Crippen molar-refractivity contribution in [3.8, 4) is 0 Å². The average Bonchev–Trinajstić information content (AvgIpc) is 3.21. The van der Waals surface area contributed by atoms with Crippen LogP contribution in [0.4, 0.5) is 10.1 Å². The van der Waals surface area contributed by atoms with Crippen LogP contribution in [0.15, 0.2) is 53.7 Å². The van der Waals surface area contributed by atoms with E-state index in [9.17, 15) is 14.0 Å². The summed E-state index contributed by atoms with van der Waals surface area (Å²) in [7, 11) is 0. The lowest BCUT2D eigenvalue weighted by molar-refractivity contribution is -0.113. The Bertz CT molecular complexity index is 1100. The summed E-state index contributed by atoms with van der Waals surface area (Å²) in [5.74, 6) is -0.530. The highest BCUT2D eigenvalue weighted by Gasteiger charge is 2.21. The first-order chi connectivity index (χ1) is 15.4. The molecular formula is C23H26FN5O2S. The highest BCUT2D eigenvalue weighted by Crippen LogP contribution is 2.22. The molecule has 9 heteroatoms. The van der Waals surface area contributed by atoms with Crippen LogP contribution in [-0.2, 0) is 17.8 Å². The van der Waals surface area contributed by atoms with E-state index in [0.29, 0.717) is 17.5 Å². The van der Waals surface area contributed by atoms with Crippen LogP contribution in [0, 0.1) is 5.82 Å². The Balaban J connectivity index is 1.64. The second kappa shape index (κ2) is 10.9. The summed E-state index contributed by atoms with van der Waals surface area (Å²) < 4.78 is 15.7. The maximum atomic E-state index is 13.9. The summed E-state index contributed by atoms with van der Waals surface area (Å²) >= 11 is 1.27. The van der Waals surface area contributed by atoms with E-state index in [4.69, 9.17) is 0 Å². The number of aryl methyl sites for hydroxylation is 1. The number of nitrogens with zero attached hydrogens (tertiary/aromatic N) is 3. The number of carbonyl (C=O) groups excluding carboxylic acids is 2. The number of aromatic nitrogens is 3. The van der Waals surface area contributed by atoms with Crippen LogP contribution in [0.2, 0.25) is 0 Å². The van der Waals surface area contributed by atoms with E-state index in [-0.39, 0.29) is 17.2 Å². The first-order valence-electron chi connectivity index (χ1n) is 10.4. The van der Waals surface area contributed by atoms with E-state index >= 15 is 0 Å². The van der Waals surface area contributed by atoms with Gasteiger partial charge in [0.1, 0.15) is 5.82 Å². The molecule has 168 valence electrons. The maximum Gasteiger partial charge on any atom is 0.254 e. The molecule has 2 amide bonds. The van der Waals surface area contributed by atoms with Crippen LogP contribution in [0.25, 0.3) is 0 Å². The van der Waals surface area contributed by atoms with Gasteiger partial charge in [0.05, 0.1) is 17.4 Å². The lowest BCUT2D eigenvalue weighted by Crippen LogP contribution is -2.29. The predicted molar refractivity (Wildman–Crippen MR) is 123 cm³/mol. The smallest absolute Gasteiger partial charge is 0.254 e. The largest absolute Gasteiger partial charge is 0.342 e. The number of hydrogen-bond acceptors (Lipinski definition) is 5. The Morgan fingerprint density at radius 1 is 1.09 bits per heavy atom. The fourth-order valence-electron chi connectivity index (χ4n) is 3.28. The van der Waals surface area contributed by atoms with Crippen LogP contribution in [-0.4, -0.2) is 32.3 Å². The number of thioether (sulfide) groups is 1. The third kappa shape index (κ3) is 5.53. The number of para-hydroxylation sites is 1. The van der Waals surface area contributed by atoms with Gasteiger partial charge < -0.3 is 15.2 Å². The van der Waals surface area contributed by atoms with E-state index in [1.807, 2.05) is 42.7 Å². The summed E-state index contributed by atoms with van der Waals surface area (Å²) in [6.45, 7) is 6.29. The summed E-state index contributed by atoms with van der Waals surface area (Å²) in [5, 5.41) is 14.7. The van der Waals surface area contributed by atoms with Crippen molar-refractivity contribution < 1.29 is 14.0 Å². The van der Waals surface area contributed by atoms with Gasteiger partial charge in [0.25, 0.3) is 5.91 Å². The zero-order chi connectivity index (χ0) is 23.1. The van der Waals surface area contributed by atoms with Crippen LogP contribution in [0.5, 0.6) is 0 Å². The third-order valence-corrected chi connectivity index (χ3v) is 5.89. The quantitative estimate of drug-likeness (QED) is 0.472. The first kappa shape index (κ1) is 23.5. The number of amides is 2. The normalized spacial score (nSPS) is 11.8. The van der Waals surface area contributed by atoms with Crippen molar-refractivity contribution >= 4 is 29.3 Å². The Hall–Kier alpha value is -3.20. The number of hydrogen-bond donors (Lipinski definition) is 2. The highest BCUT2D eigenvalue weighted by molar-refractivity contribution is 7.99. The molecule has 2 N–H and O–H groups in total. The molecule has 0 radical (unpaired) electrons. The molecule has 0 aliphatic carbocycles. The van der Waals surface area contributed by atoms with E-state index < -0.39 is 17.8 Å². The minimum atomic E-state index is -0.582. The van der Waals surface area contributed by atoms with Gasteiger partial charge in [0.15, 0.2) is 11.0 Å². The van der Waals surface area contributed by atoms with Crippen molar-refractivity contribution in [1.82, 2.24) is 20.1 Å². The zero-order valence-corrected chi connectivity index (χ0v) is 19.1. The minimum Gasteiger partial charge on any atom is -0.342 e. The second-order valence-corrected chi connectivity index (χ2v) is 8.05. The monoisotopic (exact) mass is 455 g/mol. The SMILES string of the molecule is CCc1ccccc1NC(=O)CSc1nnc(C(C)NC(=O)c2ccccc2F)n1CC. The standard InChI is InChI=1S/C23H26FN5O2S/c1-4-16-10-6-9-13-19(16)26-20(30)14-32-23-28-27-21(29(23)5-2)15(3)25-22(31)17-11-7-8-12-18(17)24/h6-13,15H,4-5,14H2,1-3H3,(H,25,31)(H,26,30). The lowest BCUT2D eigenvalue weighted by atomic mass is 10.1. The van der Waals surface area contributed by atoms with Crippen LogP contribution in [0.1, 0.15) is 48.6 Å². The molecule has 3 rings (SSSR count). The van der Waals surface area contributed by atoms with Crippen LogP contribution >= 0.6 is 11.8 Å². The van der Waals surface area contributed by atoms with E-state index in [2.05, 4.69) is 20.8 Å². The Labute approximate surface area is 190 Å². The summed E-state index contributed by atoms with van der Waals surface area (Å²) in [6.07, 6.45) is 0.827. The van der Waals surface area contributed by atoms with Gasteiger partial charge in [-0.1, -0.05) is 49.0 Å². The summed E-state index contributed by atoms with van der Waals surface area (Å²) in [6, 6.07) is 13.0. The molecule has 0 saturated carbocycles. The first-order valence-corrected chi connectivity index (χ1v) is 11.4. The number of halogens is 1. The Morgan fingerprint density at radius 2 is 1.81 bits per heavy atom. The summed E-state index contributed by atoms with van der Waals surface area (Å²) in [4.78, 5) is 24.9. The molecule has 32 heavy (non-hydrogen) atoms. The number of anilines is 1. The van der Waals surface area contributed by atoms with E-state index in [0.717, 1.165) is 17.7 Å². The van der Waals surface area contributed by atoms with Crippen molar-refractivity contribution in [2.24, 2.45) is 0 Å². The fraction of sp³-hybridized carbons (Fsp3) is 0.304. The van der Waals surface area contributed by atoms with Gasteiger partial charge >= 0.3 is 0 Å². The Kier molecular flexibility index (Phi) is 7.99. The maximum absolute atomic E-state index is 13.9. The molecule has 1 heterocycles. The van der Waals surface area contributed by atoms with Crippen molar-refractivity contribution in [2.75, 3.05) is 11.1 Å². The lowest BCUT2D eigenvalue weighted by Gasteiger charge is -2.15. The second-order valence-electron chi connectivity index (χ2n) is 7.11. The molecule has 0 spiro atoms. The van der Waals surface area contributed by atoms with Crippen molar-refractivity contribution in [3.05, 3.63) is 71.3 Å². The average molecular weight is 456 g/mol. The van der Waals surface area contributed by atoms with Gasteiger partial charge in [-0.15, -0.1) is 10.2 Å². The van der Waals surface area contributed by atoms with Gasteiger partial charge in [-0.05, 0) is 44.0 Å². The van der Waals surface area contributed by atoms with Gasteiger partial charge in [0, 0.05) is 12.2 Å². The third-order valence-electron chi connectivity index (χ3n) is 4.92. The number of nitrogens with one attached hydrogen (secondary N) is 2. The van der Waals surface area contributed by atoms with Crippen molar-refractivity contribution in [3.63, 3.8) is 0 Å². The molecule has 0 fully saturated rings. The van der Waals surface area contributed by atoms with Crippen molar-refractivity contribution in [1.29, 1.82) is 0 Å². The predicted octanol–water partition coefficient (Wildman–Crippen LogP) is 4.22. The molecule has 7 nitrogen and oxygen atoms in total. The summed E-state index contributed by atoms with van der Waals surface area (Å²) in [5.41, 5.74) is 1.85. The molecule has 3 aromatic rings. The molecule has 1 atom stereocenters. The number of benzene rings is 2. The van der Waals surface area contributed by atoms with Gasteiger partial charge in [-0.3, -0.25) is 9.59 Å². The molecule has 1 aromatic heterocycles. The van der Waals surface area contributed by atoms with Gasteiger partial charge in [-0.25, -0.2) is 4.39 Å². The van der Waals surface area contributed by atoms with Crippen LogP contribution in [0.3, 0.4) is 0 Å². The van der Waals surface area contributed by atoms with E-state index in [1.165, 1.54) is 30.0 Å². The molecule has 0 saturated heterocycles. The zero-order valence-electron chi connectivity index (χ0n) is 18.3. The van der Waals surface area contributed by atoms with Crippen LogP contribution < -0.4 is 10.6 Å². The van der Waals surface area contributed by atoms with Gasteiger partial charge in [-0.2, -0.15) is 0 Å². The molecular weight excluding hydrogens is 429 g/mol. The molecule has 0 aliphatic heterocycles. The molecule has 2 aromatic carbocycles. The minimum absolute atomic E-state index is 0.0273. The molecule has 0 aliphatic rings. The number of rotatable bonds is 9. The topological polar surface area (TPSA) is 88.9 Å². The number of carbonyl (C=O) groups is 2. The molecule has 1 unspecified atom stereocenters. The highest BCUT2D eigenvalue weighted by atomic mass is 32.2. The fourth-order valence-corrected chi connectivity index (χ4v) is 4.08. The van der Waals surface area contributed by atoms with E-state index in [1.54, 1.807) is 13.0 Å². The van der Waals surface area contributed by atoms with Crippen molar-refractivity contribution in [2.45, 2.75) is 44.9 Å². The Morgan fingerprint density at radius 3 is 2.53 bits per heavy atom. The van der Waals surface area contributed by atoms with Gasteiger partial charge in [0.2, 0.25) is 5.91 Å². The molecule has 0 bridgehead atoms.